The predicted octanol–water partition coefficient (Wildman–Crippen LogP) is 4.17. The summed E-state index contributed by atoms with van der Waals surface area (Å²) in [7, 11) is 1.67. The number of unbranched alkanes of at least 4 members (excludes halogenated alkanes) is 1. The van der Waals surface area contributed by atoms with Gasteiger partial charge >= 0.3 is 0 Å². The van der Waals surface area contributed by atoms with Crippen LogP contribution in [-0.2, 0) is 11.3 Å². The number of furan rings is 1. The average molecular weight is 353 g/mol. The molecule has 0 aliphatic heterocycles. The molecular formula is C21H23NO4. The van der Waals surface area contributed by atoms with Crippen molar-refractivity contribution in [3.8, 4) is 5.75 Å². The quantitative estimate of drug-likeness (QED) is 0.587. The van der Waals surface area contributed by atoms with E-state index < -0.39 is 0 Å². The Morgan fingerprint density at radius 2 is 1.81 bits per heavy atom. The molecule has 3 aromatic rings. The van der Waals surface area contributed by atoms with Crippen LogP contribution in [0.5, 0.6) is 5.75 Å². The third kappa shape index (κ3) is 4.43. The van der Waals surface area contributed by atoms with Gasteiger partial charge in [0.2, 0.25) is 0 Å². The Morgan fingerprint density at radius 1 is 1.04 bits per heavy atom. The number of benzene rings is 2. The van der Waals surface area contributed by atoms with E-state index in [1.807, 2.05) is 54.6 Å². The Labute approximate surface area is 152 Å². The van der Waals surface area contributed by atoms with Gasteiger partial charge in [0.1, 0.15) is 17.9 Å². The number of fused-ring (bicyclic) bond motifs is 1. The van der Waals surface area contributed by atoms with Gasteiger partial charge in [0.15, 0.2) is 5.76 Å². The van der Waals surface area contributed by atoms with E-state index in [9.17, 15) is 4.79 Å². The Kier molecular flexibility index (Phi) is 6.28. The van der Waals surface area contributed by atoms with Crippen LogP contribution in [-0.4, -0.2) is 26.2 Å². The zero-order chi connectivity index (χ0) is 18.2. The molecule has 1 aromatic heterocycles. The van der Waals surface area contributed by atoms with Crippen LogP contribution in [0.25, 0.3) is 11.0 Å². The van der Waals surface area contributed by atoms with Crippen molar-refractivity contribution in [2.45, 2.75) is 19.4 Å². The van der Waals surface area contributed by atoms with Crippen LogP contribution in [0.1, 0.15) is 29.0 Å². The van der Waals surface area contributed by atoms with Crippen LogP contribution < -0.4 is 10.1 Å². The maximum Gasteiger partial charge on any atom is 0.287 e. The minimum atomic E-state index is -0.217. The molecule has 2 aromatic carbocycles. The van der Waals surface area contributed by atoms with Gasteiger partial charge in [-0.3, -0.25) is 4.79 Å². The van der Waals surface area contributed by atoms with Gasteiger partial charge in [0.25, 0.3) is 5.91 Å². The zero-order valence-corrected chi connectivity index (χ0v) is 14.9. The van der Waals surface area contributed by atoms with Crippen molar-refractivity contribution < 1.29 is 18.7 Å². The molecule has 0 bridgehead atoms. The second-order valence-electron chi connectivity index (χ2n) is 5.96. The molecule has 1 heterocycles. The van der Waals surface area contributed by atoms with E-state index in [1.54, 1.807) is 7.11 Å². The van der Waals surface area contributed by atoms with Crippen LogP contribution in [0.4, 0.5) is 0 Å². The van der Waals surface area contributed by atoms with Gasteiger partial charge in [-0.2, -0.15) is 0 Å². The third-order valence-electron chi connectivity index (χ3n) is 4.09. The van der Waals surface area contributed by atoms with Crippen molar-refractivity contribution >= 4 is 16.9 Å². The maximum atomic E-state index is 12.6. The molecule has 0 aliphatic rings. The first kappa shape index (κ1) is 18.0. The van der Waals surface area contributed by atoms with Crippen LogP contribution in [0.2, 0.25) is 0 Å². The molecule has 0 spiro atoms. The Balaban J connectivity index is 1.74. The van der Waals surface area contributed by atoms with E-state index in [2.05, 4.69) is 5.32 Å². The number of hydrogen-bond acceptors (Lipinski definition) is 4. The molecular weight excluding hydrogens is 330 g/mol. The van der Waals surface area contributed by atoms with E-state index >= 15 is 0 Å². The standard InChI is InChI=1S/C21H23NO4/c1-24-14-8-7-13-22-21(23)20-18(15-25-16-9-3-2-4-10-16)17-11-5-6-12-19(17)26-20/h2-6,9-12H,7-8,13-15H2,1H3,(H,22,23). The zero-order valence-electron chi connectivity index (χ0n) is 14.9. The number of carbonyl (C=O) groups excluding carboxylic acids is 1. The second-order valence-corrected chi connectivity index (χ2v) is 5.96. The van der Waals surface area contributed by atoms with Gasteiger partial charge < -0.3 is 19.2 Å². The van der Waals surface area contributed by atoms with Crippen LogP contribution in [0, 0.1) is 0 Å². The van der Waals surface area contributed by atoms with E-state index in [0.717, 1.165) is 29.5 Å². The number of nitrogens with one attached hydrogen (secondary N) is 1. The molecule has 0 unspecified atom stereocenters. The highest BCUT2D eigenvalue weighted by Gasteiger charge is 2.20. The van der Waals surface area contributed by atoms with Crippen molar-refractivity contribution in [1.82, 2.24) is 5.32 Å². The number of ether oxygens (including phenoxy) is 2. The van der Waals surface area contributed by atoms with Gasteiger partial charge in [0, 0.05) is 31.2 Å². The largest absolute Gasteiger partial charge is 0.489 e. The van der Waals surface area contributed by atoms with Gasteiger partial charge in [-0.1, -0.05) is 36.4 Å². The summed E-state index contributed by atoms with van der Waals surface area (Å²) in [5.74, 6) is 0.850. The summed E-state index contributed by atoms with van der Waals surface area (Å²) in [5, 5.41) is 3.81. The van der Waals surface area contributed by atoms with E-state index in [4.69, 9.17) is 13.9 Å². The van der Waals surface area contributed by atoms with Crippen LogP contribution in [0.15, 0.2) is 59.0 Å². The fraction of sp³-hybridized carbons (Fsp3) is 0.286. The van der Waals surface area contributed by atoms with Crippen molar-refractivity contribution in [1.29, 1.82) is 0 Å². The minimum Gasteiger partial charge on any atom is -0.489 e. The molecule has 0 saturated heterocycles. The van der Waals surface area contributed by atoms with E-state index in [0.29, 0.717) is 24.5 Å². The first-order valence-electron chi connectivity index (χ1n) is 8.75. The lowest BCUT2D eigenvalue weighted by atomic mass is 10.1. The number of amides is 1. The number of para-hydroxylation sites is 2. The lowest BCUT2D eigenvalue weighted by Gasteiger charge is -2.07. The summed E-state index contributed by atoms with van der Waals surface area (Å²) >= 11 is 0. The number of methoxy groups -OCH3 is 1. The van der Waals surface area contributed by atoms with Crippen LogP contribution >= 0.6 is 0 Å². The monoisotopic (exact) mass is 353 g/mol. The number of carbonyl (C=O) groups is 1. The van der Waals surface area contributed by atoms with Gasteiger partial charge in [-0.25, -0.2) is 0 Å². The Hall–Kier alpha value is -2.79. The number of rotatable bonds is 9. The summed E-state index contributed by atoms with van der Waals surface area (Å²) < 4.78 is 16.7. The molecule has 3 rings (SSSR count). The fourth-order valence-corrected chi connectivity index (χ4v) is 2.75. The Bertz CT molecular complexity index is 842. The molecule has 136 valence electrons. The second kappa shape index (κ2) is 9.06. The molecule has 5 nitrogen and oxygen atoms in total. The average Bonchev–Trinajstić information content (AvgIpc) is 3.05. The molecule has 1 amide bonds. The molecule has 0 fully saturated rings. The summed E-state index contributed by atoms with van der Waals surface area (Å²) in [4.78, 5) is 12.6. The van der Waals surface area contributed by atoms with Gasteiger partial charge in [0.05, 0.1) is 0 Å². The van der Waals surface area contributed by atoms with Crippen molar-refractivity contribution in [2.24, 2.45) is 0 Å². The summed E-state index contributed by atoms with van der Waals surface area (Å²) in [5.41, 5.74) is 1.45. The lowest BCUT2D eigenvalue weighted by Crippen LogP contribution is -2.25. The summed E-state index contributed by atoms with van der Waals surface area (Å²) in [6.45, 7) is 1.54. The normalized spacial score (nSPS) is 10.8. The van der Waals surface area contributed by atoms with Gasteiger partial charge in [-0.05, 0) is 31.0 Å². The van der Waals surface area contributed by atoms with E-state index in [-0.39, 0.29) is 12.5 Å². The molecule has 0 aliphatic carbocycles. The molecule has 0 radical (unpaired) electrons. The minimum absolute atomic E-state index is 0.217. The van der Waals surface area contributed by atoms with E-state index in [1.165, 1.54) is 0 Å². The van der Waals surface area contributed by atoms with Gasteiger partial charge in [-0.15, -0.1) is 0 Å². The smallest absolute Gasteiger partial charge is 0.287 e. The van der Waals surface area contributed by atoms with Crippen molar-refractivity contribution in [3.05, 3.63) is 65.9 Å². The summed E-state index contributed by atoms with van der Waals surface area (Å²) in [6, 6.07) is 17.1. The lowest BCUT2D eigenvalue weighted by molar-refractivity contribution is 0.0922. The summed E-state index contributed by atoms with van der Waals surface area (Å²) in [6.07, 6.45) is 1.76. The molecule has 0 saturated carbocycles. The van der Waals surface area contributed by atoms with Crippen molar-refractivity contribution in [2.75, 3.05) is 20.3 Å². The first-order valence-corrected chi connectivity index (χ1v) is 8.75. The Morgan fingerprint density at radius 3 is 2.62 bits per heavy atom. The highest BCUT2D eigenvalue weighted by molar-refractivity contribution is 5.99. The predicted molar refractivity (Wildman–Crippen MR) is 100 cm³/mol. The maximum absolute atomic E-state index is 12.6. The highest BCUT2D eigenvalue weighted by Crippen LogP contribution is 2.27. The first-order chi connectivity index (χ1) is 12.8. The molecule has 0 atom stereocenters. The topological polar surface area (TPSA) is 60.7 Å². The molecule has 1 N–H and O–H groups in total. The third-order valence-corrected chi connectivity index (χ3v) is 4.09. The molecule has 5 heteroatoms. The van der Waals surface area contributed by atoms with Crippen molar-refractivity contribution in [3.63, 3.8) is 0 Å². The van der Waals surface area contributed by atoms with Crippen LogP contribution in [0.3, 0.4) is 0 Å². The highest BCUT2D eigenvalue weighted by atomic mass is 16.5. The SMILES string of the molecule is COCCCCNC(=O)c1oc2ccccc2c1COc1ccccc1. The fourth-order valence-electron chi connectivity index (χ4n) is 2.75. The number of hydrogen-bond donors (Lipinski definition) is 1. The molecule has 26 heavy (non-hydrogen) atoms.